The summed E-state index contributed by atoms with van der Waals surface area (Å²) in [6.45, 7) is 4.11. The standard InChI is InChI=1S/C16H15FO2S/c1-10-3-5-13(7-11(10)2)20-9-12-4-6-15(17)14(8-12)16(18)19/h3-8H,9H2,1-2H3,(H,18,19). The Morgan fingerprint density at radius 1 is 1.15 bits per heavy atom. The average molecular weight is 290 g/mol. The summed E-state index contributed by atoms with van der Waals surface area (Å²) >= 11 is 1.61. The van der Waals surface area contributed by atoms with Crippen LogP contribution in [0.1, 0.15) is 27.0 Å². The molecule has 0 bridgehead atoms. The smallest absolute Gasteiger partial charge is 0.338 e. The van der Waals surface area contributed by atoms with Gasteiger partial charge in [0, 0.05) is 10.6 Å². The molecule has 0 unspecified atom stereocenters. The van der Waals surface area contributed by atoms with Crippen LogP contribution in [-0.4, -0.2) is 11.1 Å². The number of thioether (sulfide) groups is 1. The molecule has 0 saturated carbocycles. The van der Waals surface area contributed by atoms with Crippen molar-refractivity contribution in [3.63, 3.8) is 0 Å². The molecule has 1 N–H and O–H groups in total. The normalized spacial score (nSPS) is 10.6. The molecule has 0 saturated heterocycles. The number of benzene rings is 2. The molecule has 0 spiro atoms. The maximum absolute atomic E-state index is 13.3. The van der Waals surface area contributed by atoms with Gasteiger partial charge in [-0.3, -0.25) is 0 Å². The Hall–Kier alpha value is -1.81. The molecule has 0 fully saturated rings. The van der Waals surface area contributed by atoms with E-state index in [0.29, 0.717) is 5.75 Å². The minimum absolute atomic E-state index is 0.275. The van der Waals surface area contributed by atoms with E-state index in [0.717, 1.165) is 10.5 Å². The van der Waals surface area contributed by atoms with Gasteiger partial charge in [0.05, 0.1) is 5.56 Å². The molecule has 0 aliphatic carbocycles. The molecule has 104 valence electrons. The van der Waals surface area contributed by atoms with Gasteiger partial charge in [0.15, 0.2) is 0 Å². The van der Waals surface area contributed by atoms with Gasteiger partial charge in [-0.15, -0.1) is 11.8 Å². The lowest BCUT2D eigenvalue weighted by Crippen LogP contribution is -2.01. The van der Waals surface area contributed by atoms with Crippen LogP contribution < -0.4 is 0 Å². The van der Waals surface area contributed by atoms with E-state index >= 15 is 0 Å². The van der Waals surface area contributed by atoms with E-state index in [1.165, 1.54) is 23.3 Å². The molecular formula is C16H15FO2S. The van der Waals surface area contributed by atoms with Crippen molar-refractivity contribution in [2.75, 3.05) is 0 Å². The number of aryl methyl sites for hydroxylation is 2. The summed E-state index contributed by atoms with van der Waals surface area (Å²) in [5.74, 6) is -1.32. The molecule has 0 aliphatic heterocycles. The zero-order valence-electron chi connectivity index (χ0n) is 11.3. The second kappa shape index (κ2) is 6.09. The van der Waals surface area contributed by atoms with Crippen molar-refractivity contribution in [1.29, 1.82) is 0 Å². The van der Waals surface area contributed by atoms with Gasteiger partial charge in [-0.2, -0.15) is 0 Å². The van der Waals surface area contributed by atoms with Crippen LogP contribution in [0, 0.1) is 19.7 Å². The minimum atomic E-state index is -1.24. The van der Waals surface area contributed by atoms with Crippen molar-refractivity contribution >= 4 is 17.7 Å². The lowest BCUT2D eigenvalue weighted by molar-refractivity contribution is 0.0692. The largest absolute Gasteiger partial charge is 0.478 e. The highest BCUT2D eigenvalue weighted by Crippen LogP contribution is 2.25. The molecule has 4 heteroatoms. The third-order valence-electron chi connectivity index (χ3n) is 3.15. The van der Waals surface area contributed by atoms with Crippen LogP contribution in [0.3, 0.4) is 0 Å². The Kier molecular flexibility index (Phi) is 4.45. The first-order chi connectivity index (χ1) is 9.47. The monoisotopic (exact) mass is 290 g/mol. The van der Waals surface area contributed by atoms with E-state index in [9.17, 15) is 9.18 Å². The number of carboxylic acids is 1. The summed E-state index contributed by atoms with van der Waals surface area (Å²) in [5.41, 5.74) is 2.99. The molecule has 2 rings (SSSR count). The van der Waals surface area contributed by atoms with Crippen molar-refractivity contribution in [2.45, 2.75) is 24.5 Å². The lowest BCUT2D eigenvalue weighted by atomic mass is 10.1. The second-order valence-electron chi connectivity index (χ2n) is 4.65. The van der Waals surface area contributed by atoms with E-state index in [1.54, 1.807) is 17.8 Å². The predicted octanol–water partition coefficient (Wildman–Crippen LogP) is 4.43. The van der Waals surface area contributed by atoms with Crippen LogP contribution in [0.2, 0.25) is 0 Å². The van der Waals surface area contributed by atoms with Gasteiger partial charge in [0.2, 0.25) is 0 Å². The zero-order valence-corrected chi connectivity index (χ0v) is 12.1. The van der Waals surface area contributed by atoms with Crippen molar-refractivity contribution in [3.8, 4) is 0 Å². The van der Waals surface area contributed by atoms with Crippen LogP contribution in [0.5, 0.6) is 0 Å². The van der Waals surface area contributed by atoms with Crippen LogP contribution in [-0.2, 0) is 5.75 Å². The van der Waals surface area contributed by atoms with Crippen LogP contribution >= 0.6 is 11.8 Å². The average Bonchev–Trinajstić information content (AvgIpc) is 2.41. The Bertz CT molecular complexity index is 653. The Morgan fingerprint density at radius 2 is 1.90 bits per heavy atom. The van der Waals surface area contributed by atoms with E-state index in [-0.39, 0.29) is 5.56 Å². The Labute approximate surface area is 121 Å². The SMILES string of the molecule is Cc1ccc(SCc2ccc(F)c(C(=O)O)c2)cc1C. The molecular weight excluding hydrogens is 275 g/mol. The van der Waals surface area contributed by atoms with Crippen LogP contribution in [0.4, 0.5) is 4.39 Å². The summed E-state index contributed by atoms with van der Waals surface area (Å²) in [6.07, 6.45) is 0. The number of carbonyl (C=O) groups is 1. The Morgan fingerprint density at radius 3 is 2.55 bits per heavy atom. The summed E-state index contributed by atoms with van der Waals surface area (Å²) in [4.78, 5) is 12.0. The fourth-order valence-corrected chi connectivity index (χ4v) is 2.73. The van der Waals surface area contributed by atoms with Gasteiger partial charge in [0.25, 0.3) is 0 Å². The highest BCUT2D eigenvalue weighted by Gasteiger charge is 2.10. The number of hydrogen-bond donors (Lipinski definition) is 1. The van der Waals surface area contributed by atoms with Crippen molar-refractivity contribution in [3.05, 3.63) is 64.5 Å². The first-order valence-electron chi connectivity index (χ1n) is 6.19. The third kappa shape index (κ3) is 3.39. The second-order valence-corrected chi connectivity index (χ2v) is 5.70. The van der Waals surface area contributed by atoms with Crippen molar-refractivity contribution in [1.82, 2.24) is 0 Å². The van der Waals surface area contributed by atoms with Crippen LogP contribution in [0.15, 0.2) is 41.3 Å². The van der Waals surface area contributed by atoms with E-state index < -0.39 is 11.8 Å². The highest BCUT2D eigenvalue weighted by molar-refractivity contribution is 7.98. The first-order valence-corrected chi connectivity index (χ1v) is 7.17. The molecule has 2 aromatic rings. The fourth-order valence-electron chi connectivity index (χ4n) is 1.80. The summed E-state index contributed by atoms with van der Waals surface area (Å²) in [5, 5.41) is 8.90. The molecule has 20 heavy (non-hydrogen) atoms. The van der Waals surface area contributed by atoms with Crippen molar-refractivity contribution in [2.24, 2.45) is 0 Å². The molecule has 0 heterocycles. The molecule has 0 aromatic heterocycles. The first kappa shape index (κ1) is 14.6. The van der Waals surface area contributed by atoms with Gasteiger partial charge in [-0.05, 0) is 54.8 Å². The highest BCUT2D eigenvalue weighted by atomic mass is 32.2. The molecule has 2 aromatic carbocycles. The number of halogens is 1. The summed E-state index contributed by atoms with van der Waals surface area (Å²) in [7, 11) is 0. The van der Waals surface area contributed by atoms with E-state index in [2.05, 4.69) is 26.0 Å². The lowest BCUT2D eigenvalue weighted by Gasteiger charge is -2.06. The number of hydrogen-bond acceptors (Lipinski definition) is 2. The van der Waals surface area contributed by atoms with Gasteiger partial charge < -0.3 is 5.11 Å². The zero-order chi connectivity index (χ0) is 14.7. The van der Waals surface area contributed by atoms with Crippen molar-refractivity contribution < 1.29 is 14.3 Å². The molecule has 0 amide bonds. The quantitative estimate of drug-likeness (QED) is 0.846. The molecule has 2 nitrogen and oxygen atoms in total. The van der Waals surface area contributed by atoms with E-state index in [1.807, 2.05) is 6.07 Å². The number of aromatic carboxylic acids is 1. The van der Waals surface area contributed by atoms with E-state index in [4.69, 9.17) is 5.11 Å². The van der Waals surface area contributed by atoms with Crippen LogP contribution in [0.25, 0.3) is 0 Å². The maximum Gasteiger partial charge on any atom is 0.338 e. The van der Waals surface area contributed by atoms with Gasteiger partial charge >= 0.3 is 5.97 Å². The van der Waals surface area contributed by atoms with Gasteiger partial charge in [-0.25, -0.2) is 9.18 Å². The predicted molar refractivity (Wildman–Crippen MR) is 78.8 cm³/mol. The molecule has 0 radical (unpaired) electrons. The molecule has 0 aliphatic rings. The maximum atomic E-state index is 13.3. The minimum Gasteiger partial charge on any atom is -0.478 e. The van der Waals surface area contributed by atoms with Gasteiger partial charge in [-0.1, -0.05) is 12.1 Å². The summed E-state index contributed by atoms with van der Waals surface area (Å²) < 4.78 is 13.3. The summed E-state index contributed by atoms with van der Waals surface area (Å²) in [6, 6.07) is 10.4. The van der Waals surface area contributed by atoms with Gasteiger partial charge in [0.1, 0.15) is 5.82 Å². The number of carboxylic acid groups (broad SMARTS) is 1. The fraction of sp³-hybridized carbons (Fsp3) is 0.188. The number of rotatable bonds is 4. The Balaban J connectivity index is 2.12. The third-order valence-corrected chi connectivity index (χ3v) is 4.21. The molecule has 0 atom stereocenters. The topological polar surface area (TPSA) is 37.3 Å².